The molecule has 1 saturated carbocycles. The molecule has 0 bridgehead atoms. The van der Waals surface area contributed by atoms with Gasteiger partial charge in [0.25, 0.3) is 0 Å². The molecule has 3 heteroatoms. The number of aliphatic hydroxyl groups excluding tert-OH is 1. The first-order valence-corrected chi connectivity index (χ1v) is 4.91. The average Bonchev–Trinajstić information content (AvgIpc) is 2.49. The Morgan fingerprint density at radius 3 is 2.92 bits per heavy atom. The molecule has 0 radical (unpaired) electrons. The zero-order valence-electron chi connectivity index (χ0n) is 8.12. The molecule has 74 valence electrons. The molecule has 0 saturated heterocycles. The Bertz CT molecular complexity index is 200. The molecule has 2 atom stereocenters. The Kier molecular flexibility index (Phi) is 3.71. The van der Waals surface area contributed by atoms with Gasteiger partial charge in [-0.15, -0.1) is 0 Å². The third-order valence-electron chi connectivity index (χ3n) is 2.83. The molecule has 0 aliphatic heterocycles. The highest BCUT2D eigenvalue weighted by Gasteiger charge is 2.41. The minimum absolute atomic E-state index is 0.135. The van der Waals surface area contributed by atoms with Crippen LogP contribution in [0.2, 0.25) is 0 Å². The van der Waals surface area contributed by atoms with Crippen molar-refractivity contribution in [1.29, 1.82) is 5.26 Å². The average molecular weight is 183 g/mol. The fourth-order valence-corrected chi connectivity index (χ4v) is 1.88. The van der Waals surface area contributed by atoms with Gasteiger partial charge in [0, 0.05) is 6.61 Å². The van der Waals surface area contributed by atoms with E-state index < -0.39 is 5.60 Å². The zero-order valence-corrected chi connectivity index (χ0v) is 8.12. The molecule has 1 rings (SSSR count). The standard InChI is InChI=1S/C10H17NO2/c1-9-4-2-5-10(9,8-11)13-7-3-6-12/h9,12H,2-7H2,1H3. The second kappa shape index (κ2) is 4.59. The fraction of sp³-hybridized carbons (Fsp3) is 0.900. The van der Waals surface area contributed by atoms with Crippen molar-refractivity contribution in [3.63, 3.8) is 0 Å². The molecule has 1 aliphatic rings. The van der Waals surface area contributed by atoms with Gasteiger partial charge < -0.3 is 9.84 Å². The van der Waals surface area contributed by atoms with Crippen molar-refractivity contribution in [2.75, 3.05) is 13.2 Å². The highest BCUT2D eigenvalue weighted by molar-refractivity contribution is 5.08. The topological polar surface area (TPSA) is 53.2 Å². The van der Waals surface area contributed by atoms with Crippen molar-refractivity contribution in [2.45, 2.75) is 38.2 Å². The monoisotopic (exact) mass is 183 g/mol. The summed E-state index contributed by atoms with van der Waals surface area (Å²) < 4.78 is 5.57. The number of hydrogen-bond acceptors (Lipinski definition) is 3. The highest BCUT2D eigenvalue weighted by Crippen LogP contribution is 2.37. The van der Waals surface area contributed by atoms with E-state index in [0.717, 1.165) is 19.3 Å². The first-order chi connectivity index (χ1) is 6.25. The fourth-order valence-electron chi connectivity index (χ4n) is 1.88. The molecule has 1 N–H and O–H groups in total. The predicted octanol–water partition coefficient (Wildman–Crippen LogP) is 1.47. The minimum Gasteiger partial charge on any atom is -0.396 e. The molecule has 0 aromatic carbocycles. The van der Waals surface area contributed by atoms with Gasteiger partial charge in [0.2, 0.25) is 0 Å². The van der Waals surface area contributed by atoms with E-state index >= 15 is 0 Å². The van der Waals surface area contributed by atoms with Crippen LogP contribution in [0.15, 0.2) is 0 Å². The molecule has 3 nitrogen and oxygen atoms in total. The first kappa shape index (κ1) is 10.5. The molecule has 1 aliphatic carbocycles. The summed E-state index contributed by atoms with van der Waals surface area (Å²) in [5.41, 5.74) is -0.560. The van der Waals surface area contributed by atoms with Crippen LogP contribution in [0.5, 0.6) is 0 Å². The molecule has 0 aromatic heterocycles. The van der Waals surface area contributed by atoms with E-state index in [4.69, 9.17) is 15.1 Å². The normalized spacial score (nSPS) is 33.2. The molecule has 0 spiro atoms. The van der Waals surface area contributed by atoms with E-state index in [9.17, 15) is 0 Å². The molecule has 1 fully saturated rings. The summed E-state index contributed by atoms with van der Waals surface area (Å²) in [6.45, 7) is 2.69. The van der Waals surface area contributed by atoms with Gasteiger partial charge >= 0.3 is 0 Å². The number of nitriles is 1. The van der Waals surface area contributed by atoms with Crippen molar-refractivity contribution in [2.24, 2.45) is 5.92 Å². The van der Waals surface area contributed by atoms with Gasteiger partial charge in [-0.3, -0.25) is 0 Å². The highest BCUT2D eigenvalue weighted by atomic mass is 16.5. The van der Waals surface area contributed by atoms with Crippen molar-refractivity contribution in [3.05, 3.63) is 0 Å². The summed E-state index contributed by atoms with van der Waals surface area (Å²) in [5, 5.41) is 17.6. The van der Waals surface area contributed by atoms with E-state index in [1.807, 2.05) is 0 Å². The maximum atomic E-state index is 9.05. The van der Waals surface area contributed by atoms with Crippen molar-refractivity contribution in [1.82, 2.24) is 0 Å². The molecule has 0 amide bonds. The van der Waals surface area contributed by atoms with Crippen LogP contribution in [-0.4, -0.2) is 23.9 Å². The van der Waals surface area contributed by atoms with E-state index in [-0.39, 0.29) is 6.61 Å². The summed E-state index contributed by atoms with van der Waals surface area (Å²) in [5.74, 6) is 0.330. The third kappa shape index (κ3) is 2.20. The van der Waals surface area contributed by atoms with Crippen LogP contribution in [0.25, 0.3) is 0 Å². The maximum absolute atomic E-state index is 9.05. The molecular weight excluding hydrogens is 166 g/mol. The van der Waals surface area contributed by atoms with E-state index in [2.05, 4.69) is 13.0 Å². The number of nitrogens with zero attached hydrogens (tertiary/aromatic N) is 1. The van der Waals surface area contributed by atoms with Gasteiger partial charge in [0.15, 0.2) is 5.60 Å². The van der Waals surface area contributed by atoms with Crippen molar-refractivity contribution >= 4 is 0 Å². The van der Waals surface area contributed by atoms with E-state index in [0.29, 0.717) is 18.9 Å². The Morgan fingerprint density at radius 2 is 2.46 bits per heavy atom. The summed E-state index contributed by atoms with van der Waals surface area (Å²) in [6, 6.07) is 2.28. The Labute approximate surface area is 79.3 Å². The number of rotatable bonds is 4. The van der Waals surface area contributed by atoms with Crippen LogP contribution >= 0.6 is 0 Å². The lowest BCUT2D eigenvalue weighted by Crippen LogP contribution is -2.34. The smallest absolute Gasteiger partial charge is 0.156 e. The molecule has 2 unspecified atom stereocenters. The lowest BCUT2D eigenvalue weighted by Gasteiger charge is -2.26. The second-order valence-corrected chi connectivity index (χ2v) is 3.72. The zero-order chi connectivity index (χ0) is 9.73. The van der Waals surface area contributed by atoms with Crippen LogP contribution in [0, 0.1) is 17.2 Å². The van der Waals surface area contributed by atoms with Crippen LogP contribution in [0.3, 0.4) is 0 Å². The van der Waals surface area contributed by atoms with Crippen molar-refractivity contribution < 1.29 is 9.84 Å². The molecular formula is C10H17NO2. The van der Waals surface area contributed by atoms with Gasteiger partial charge in [-0.2, -0.15) is 5.26 Å². The second-order valence-electron chi connectivity index (χ2n) is 3.72. The lowest BCUT2D eigenvalue weighted by atomic mass is 9.94. The molecule has 0 heterocycles. The summed E-state index contributed by atoms with van der Waals surface area (Å²) >= 11 is 0. The van der Waals surface area contributed by atoms with Crippen LogP contribution in [0.4, 0.5) is 0 Å². The van der Waals surface area contributed by atoms with Gasteiger partial charge in [-0.1, -0.05) is 6.92 Å². The largest absolute Gasteiger partial charge is 0.396 e. The van der Waals surface area contributed by atoms with Gasteiger partial charge in [-0.25, -0.2) is 0 Å². The van der Waals surface area contributed by atoms with Gasteiger partial charge in [0.1, 0.15) is 0 Å². The van der Waals surface area contributed by atoms with Crippen LogP contribution in [0.1, 0.15) is 32.6 Å². The Balaban J connectivity index is 2.46. The summed E-state index contributed by atoms with van der Waals surface area (Å²) in [7, 11) is 0. The quantitative estimate of drug-likeness (QED) is 0.671. The Hall–Kier alpha value is -0.590. The lowest BCUT2D eigenvalue weighted by molar-refractivity contribution is -0.0293. The minimum atomic E-state index is -0.560. The van der Waals surface area contributed by atoms with Crippen molar-refractivity contribution in [3.8, 4) is 6.07 Å². The van der Waals surface area contributed by atoms with E-state index in [1.54, 1.807) is 0 Å². The maximum Gasteiger partial charge on any atom is 0.156 e. The van der Waals surface area contributed by atoms with Gasteiger partial charge in [0.05, 0.1) is 12.7 Å². The van der Waals surface area contributed by atoms with Gasteiger partial charge in [-0.05, 0) is 31.6 Å². The van der Waals surface area contributed by atoms with E-state index in [1.165, 1.54) is 0 Å². The van der Waals surface area contributed by atoms with Crippen LogP contribution < -0.4 is 0 Å². The molecule has 13 heavy (non-hydrogen) atoms. The molecule has 0 aromatic rings. The third-order valence-corrected chi connectivity index (χ3v) is 2.83. The Morgan fingerprint density at radius 1 is 1.69 bits per heavy atom. The SMILES string of the molecule is CC1CCCC1(C#N)OCCCO. The van der Waals surface area contributed by atoms with Crippen LogP contribution in [-0.2, 0) is 4.74 Å². The summed E-state index contributed by atoms with van der Waals surface area (Å²) in [4.78, 5) is 0. The number of ether oxygens (including phenoxy) is 1. The predicted molar refractivity (Wildman–Crippen MR) is 49.0 cm³/mol. The number of hydrogen-bond donors (Lipinski definition) is 1. The first-order valence-electron chi connectivity index (χ1n) is 4.91. The number of aliphatic hydroxyl groups is 1. The summed E-state index contributed by atoms with van der Waals surface area (Å²) in [6.07, 6.45) is 3.62.